The molecule has 144 valence electrons. The number of nitrogens with zero attached hydrogens (tertiary/aromatic N) is 1. The number of amides is 1. The van der Waals surface area contributed by atoms with E-state index in [0.717, 1.165) is 5.56 Å². The van der Waals surface area contributed by atoms with E-state index in [1.807, 2.05) is 19.1 Å². The number of phenolic OH excluding ortho intramolecular Hbond substituents is 2. The maximum atomic E-state index is 12.9. The van der Waals surface area contributed by atoms with E-state index in [2.05, 4.69) is 10.9 Å². The molecule has 3 atom stereocenters. The smallest absolute Gasteiger partial charge is 0.241 e. The highest BCUT2D eigenvalue weighted by Gasteiger charge is 2.33. The van der Waals surface area contributed by atoms with Gasteiger partial charge in [-0.05, 0) is 48.7 Å². The number of carbonyl (C=O) groups is 1. The molecule has 5 N–H and O–H groups in total. The molecule has 0 bridgehead atoms. The summed E-state index contributed by atoms with van der Waals surface area (Å²) < 4.78 is 0. The summed E-state index contributed by atoms with van der Waals surface area (Å²) in [5.41, 5.74) is 7.71. The number of hydrazine groups is 1. The number of hydrogen-bond donors (Lipinski definition) is 5. The van der Waals surface area contributed by atoms with Gasteiger partial charge in [0.05, 0.1) is 12.6 Å². The van der Waals surface area contributed by atoms with Crippen molar-refractivity contribution in [2.45, 2.75) is 31.5 Å². The minimum atomic E-state index is -0.872. The zero-order valence-electron chi connectivity index (χ0n) is 15.2. The first-order valence-electron chi connectivity index (χ1n) is 9.03. The van der Waals surface area contributed by atoms with Gasteiger partial charge in [-0.25, -0.2) is 10.9 Å². The maximum Gasteiger partial charge on any atom is 0.241 e. The standard InChI is InChI=1S/C20H25N3O4/c1-2-23(12-19(26)14-4-3-5-16(25)10-14)20(27)18-11-17(21-22-18)13-6-8-15(24)9-7-13/h3-10,17-19,21-22,24-26H,2,11-12H2,1H3. The third-order valence-corrected chi connectivity index (χ3v) is 4.84. The number of aliphatic hydroxyl groups excluding tert-OH is 1. The van der Waals surface area contributed by atoms with Crippen molar-refractivity contribution in [3.05, 3.63) is 59.7 Å². The summed E-state index contributed by atoms with van der Waals surface area (Å²) in [4.78, 5) is 14.5. The third-order valence-electron chi connectivity index (χ3n) is 4.84. The average Bonchev–Trinajstić information content (AvgIpc) is 3.16. The van der Waals surface area contributed by atoms with Crippen LogP contribution in [0.4, 0.5) is 0 Å². The van der Waals surface area contributed by atoms with E-state index < -0.39 is 12.1 Å². The first-order valence-corrected chi connectivity index (χ1v) is 9.03. The fourth-order valence-corrected chi connectivity index (χ4v) is 3.28. The number of benzene rings is 2. The first-order chi connectivity index (χ1) is 13.0. The number of likely N-dealkylation sites (N-methyl/N-ethyl adjacent to an activating group) is 1. The van der Waals surface area contributed by atoms with Crippen LogP contribution in [0.25, 0.3) is 0 Å². The molecule has 1 fully saturated rings. The monoisotopic (exact) mass is 371 g/mol. The predicted octanol–water partition coefficient (Wildman–Crippen LogP) is 1.59. The minimum absolute atomic E-state index is 0.0331. The molecule has 1 aliphatic rings. The van der Waals surface area contributed by atoms with Gasteiger partial charge in [0, 0.05) is 12.6 Å². The van der Waals surface area contributed by atoms with E-state index in [0.29, 0.717) is 18.5 Å². The van der Waals surface area contributed by atoms with Gasteiger partial charge in [-0.3, -0.25) is 4.79 Å². The molecule has 0 aliphatic carbocycles. The van der Waals surface area contributed by atoms with Gasteiger partial charge >= 0.3 is 0 Å². The van der Waals surface area contributed by atoms with E-state index >= 15 is 0 Å². The van der Waals surface area contributed by atoms with Crippen molar-refractivity contribution in [3.63, 3.8) is 0 Å². The van der Waals surface area contributed by atoms with Crippen molar-refractivity contribution in [3.8, 4) is 11.5 Å². The molecule has 2 aromatic rings. The second-order valence-corrected chi connectivity index (χ2v) is 6.71. The van der Waals surface area contributed by atoms with Crippen LogP contribution in [-0.2, 0) is 4.79 Å². The van der Waals surface area contributed by atoms with Crippen LogP contribution >= 0.6 is 0 Å². The van der Waals surface area contributed by atoms with Crippen molar-refractivity contribution in [2.24, 2.45) is 0 Å². The molecule has 3 unspecified atom stereocenters. The summed E-state index contributed by atoms with van der Waals surface area (Å²) in [7, 11) is 0. The van der Waals surface area contributed by atoms with Gasteiger partial charge in [-0.1, -0.05) is 24.3 Å². The van der Waals surface area contributed by atoms with Gasteiger partial charge in [-0.2, -0.15) is 0 Å². The predicted molar refractivity (Wildman–Crippen MR) is 101 cm³/mol. The highest BCUT2D eigenvalue weighted by atomic mass is 16.3. The Morgan fingerprint density at radius 3 is 2.56 bits per heavy atom. The highest BCUT2D eigenvalue weighted by molar-refractivity contribution is 5.82. The Hall–Kier alpha value is -2.61. The molecule has 3 rings (SSSR count). The normalized spacial score (nSPS) is 20.4. The number of phenols is 2. The van der Waals surface area contributed by atoms with Crippen molar-refractivity contribution in [2.75, 3.05) is 13.1 Å². The molecule has 7 heteroatoms. The molecular formula is C20H25N3O4. The molecule has 0 saturated carbocycles. The number of nitrogens with one attached hydrogen (secondary N) is 2. The molecule has 27 heavy (non-hydrogen) atoms. The number of hydrogen-bond acceptors (Lipinski definition) is 6. The Balaban J connectivity index is 1.62. The SMILES string of the molecule is CCN(CC(O)c1cccc(O)c1)C(=O)C1CC(c2ccc(O)cc2)NN1. The van der Waals surface area contributed by atoms with Crippen LogP contribution in [0.1, 0.15) is 36.6 Å². The fraction of sp³-hybridized carbons (Fsp3) is 0.350. The van der Waals surface area contributed by atoms with Gasteiger partial charge in [0.15, 0.2) is 0 Å². The summed E-state index contributed by atoms with van der Waals surface area (Å²) in [6.07, 6.45) is -0.300. The molecule has 1 saturated heterocycles. The largest absolute Gasteiger partial charge is 0.508 e. The fourth-order valence-electron chi connectivity index (χ4n) is 3.28. The molecule has 1 heterocycles. The Morgan fingerprint density at radius 1 is 1.15 bits per heavy atom. The van der Waals surface area contributed by atoms with Gasteiger partial charge in [0.1, 0.15) is 17.5 Å². The van der Waals surface area contributed by atoms with Crippen LogP contribution in [0, 0.1) is 0 Å². The molecule has 7 nitrogen and oxygen atoms in total. The molecular weight excluding hydrogens is 346 g/mol. The van der Waals surface area contributed by atoms with E-state index in [-0.39, 0.29) is 30.0 Å². The van der Waals surface area contributed by atoms with Crippen LogP contribution < -0.4 is 10.9 Å². The number of carbonyl (C=O) groups excluding carboxylic acids is 1. The zero-order valence-corrected chi connectivity index (χ0v) is 15.2. The van der Waals surface area contributed by atoms with Crippen molar-refractivity contribution in [1.29, 1.82) is 0 Å². The van der Waals surface area contributed by atoms with Gasteiger partial charge in [0.2, 0.25) is 5.91 Å². The van der Waals surface area contributed by atoms with E-state index in [1.165, 1.54) is 12.1 Å². The van der Waals surface area contributed by atoms with Gasteiger partial charge in [-0.15, -0.1) is 0 Å². The number of rotatable bonds is 6. The lowest BCUT2D eigenvalue weighted by Crippen LogP contribution is -2.46. The third kappa shape index (κ3) is 4.57. The van der Waals surface area contributed by atoms with E-state index in [9.17, 15) is 20.1 Å². The first kappa shape index (κ1) is 19.2. The molecule has 0 radical (unpaired) electrons. The molecule has 0 aromatic heterocycles. The lowest BCUT2D eigenvalue weighted by atomic mass is 10.0. The summed E-state index contributed by atoms with van der Waals surface area (Å²) >= 11 is 0. The quantitative estimate of drug-likeness (QED) is 0.528. The maximum absolute atomic E-state index is 12.9. The van der Waals surface area contributed by atoms with Crippen LogP contribution in [0.5, 0.6) is 11.5 Å². The zero-order chi connectivity index (χ0) is 19.4. The lowest BCUT2D eigenvalue weighted by Gasteiger charge is -2.26. The summed E-state index contributed by atoms with van der Waals surface area (Å²) in [5.74, 6) is 0.195. The van der Waals surface area contributed by atoms with Crippen molar-refractivity contribution >= 4 is 5.91 Å². The molecule has 1 aliphatic heterocycles. The van der Waals surface area contributed by atoms with Crippen LogP contribution in [0.2, 0.25) is 0 Å². The lowest BCUT2D eigenvalue weighted by molar-refractivity contribution is -0.134. The van der Waals surface area contributed by atoms with Crippen LogP contribution in [-0.4, -0.2) is 45.3 Å². The summed E-state index contributed by atoms with van der Waals surface area (Å²) in [6.45, 7) is 2.49. The summed E-state index contributed by atoms with van der Waals surface area (Å²) in [6, 6.07) is 12.9. The second-order valence-electron chi connectivity index (χ2n) is 6.71. The Morgan fingerprint density at radius 2 is 1.89 bits per heavy atom. The minimum Gasteiger partial charge on any atom is -0.508 e. The topological polar surface area (TPSA) is 105 Å². The molecule has 2 aromatic carbocycles. The van der Waals surface area contributed by atoms with Crippen LogP contribution in [0.3, 0.4) is 0 Å². The Bertz CT molecular complexity index is 781. The van der Waals surface area contributed by atoms with Crippen LogP contribution in [0.15, 0.2) is 48.5 Å². The van der Waals surface area contributed by atoms with E-state index in [1.54, 1.807) is 29.2 Å². The van der Waals surface area contributed by atoms with Gasteiger partial charge in [0.25, 0.3) is 0 Å². The summed E-state index contributed by atoms with van der Waals surface area (Å²) in [5, 5.41) is 29.4. The van der Waals surface area contributed by atoms with Gasteiger partial charge < -0.3 is 20.2 Å². The average molecular weight is 371 g/mol. The Kier molecular flexibility index (Phi) is 5.95. The highest BCUT2D eigenvalue weighted by Crippen LogP contribution is 2.25. The number of aromatic hydroxyl groups is 2. The number of aliphatic hydroxyl groups is 1. The van der Waals surface area contributed by atoms with Crippen molar-refractivity contribution < 1.29 is 20.1 Å². The molecule has 0 spiro atoms. The van der Waals surface area contributed by atoms with E-state index in [4.69, 9.17) is 0 Å². The second kappa shape index (κ2) is 8.39. The molecule has 1 amide bonds. The Labute approximate surface area is 158 Å². The van der Waals surface area contributed by atoms with Crippen molar-refractivity contribution in [1.82, 2.24) is 15.8 Å².